The molecule has 7 nitrogen and oxygen atoms in total. The van der Waals surface area contributed by atoms with Gasteiger partial charge in [-0.05, 0) is 13.3 Å². The number of rotatable bonds is 5. The van der Waals surface area contributed by atoms with Gasteiger partial charge in [-0.3, -0.25) is 9.25 Å². The van der Waals surface area contributed by atoms with E-state index >= 15 is 0 Å². The van der Waals surface area contributed by atoms with Crippen molar-refractivity contribution in [2.75, 3.05) is 17.7 Å². The van der Waals surface area contributed by atoms with Crippen LogP contribution in [0.15, 0.2) is 0 Å². The molecule has 0 bridgehead atoms. The Balaban J connectivity index is 2.56. The lowest BCUT2D eigenvalue weighted by Gasteiger charge is -2.14. The second-order valence-corrected chi connectivity index (χ2v) is 7.46. The predicted octanol–water partition coefficient (Wildman–Crippen LogP) is 0.910. The van der Waals surface area contributed by atoms with Gasteiger partial charge >= 0.3 is 0 Å². The third-order valence-corrected chi connectivity index (χ3v) is 4.32. The van der Waals surface area contributed by atoms with Crippen molar-refractivity contribution in [3.05, 3.63) is 5.69 Å². The third kappa shape index (κ3) is 2.65. The summed E-state index contributed by atoms with van der Waals surface area (Å²) in [5.74, 6) is 0.359. The highest BCUT2D eigenvalue weighted by atomic mass is 32.2. The number of nitrogen functional groups attached to an aromatic ring is 1. The second-order valence-electron chi connectivity index (χ2n) is 5.27. The van der Waals surface area contributed by atoms with Crippen molar-refractivity contribution in [2.24, 2.45) is 7.05 Å². The fourth-order valence-corrected chi connectivity index (χ4v) is 3.60. The molecule has 0 saturated heterocycles. The first-order valence-electron chi connectivity index (χ1n) is 6.61. The molecule has 2 N–H and O–H groups in total. The summed E-state index contributed by atoms with van der Waals surface area (Å²) >= 11 is 0. The molecule has 0 amide bonds. The van der Waals surface area contributed by atoms with Crippen LogP contribution in [0.1, 0.15) is 32.0 Å². The first kappa shape index (κ1) is 14.8. The van der Waals surface area contributed by atoms with E-state index in [0.717, 1.165) is 29.7 Å². The van der Waals surface area contributed by atoms with E-state index in [9.17, 15) is 8.42 Å². The van der Waals surface area contributed by atoms with Crippen molar-refractivity contribution in [1.29, 1.82) is 0 Å². The summed E-state index contributed by atoms with van der Waals surface area (Å²) < 4.78 is 26.4. The zero-order valence-corrected chi connectivity index (χ0v) is 13.1. The molecule has 0 fully saturated rings. The van der Waals surface area contributed by atoms with Crippen LogP contribution in [0, 0.1) is 0 Å². The van der Waals surface area contributed by atoms with Crippen LogP contribution in [-0.4, -0.2) is 39.8 Å². The molecule has 0 aliphatic heterocycles. The molecule has 20 heavy (non-hydrogen) atoms. The SMILES string of the molecule is CCCc1nn(C)c2c1nc(N)n2C(C)CS(C)(=O)=O. The van der Waals surface area contributed by atoms with Crippen LogP contribution >= 0.6 is 0 Å². The number of nitrogens with zero attached hydrogens (tertiary/aromatic N) is 4. The normalized spacial score (nSPS) is 14.0. The number of imidazole rings is 1. The Morgan fingerprint density at radius 2 is 2.05 bits per heavy atom. The highest BCUT2D eigenvalue weighted by Crippen LogP contribution is 2.26. The Bertz CT molecular complexity index is 729. The molecular formula is C12H21N5O2S. The average Bonchev–Trinajstić information content (AvgIpc) is 2.76. The Kier molecular flexibility index (Phi) is 3.77. The van der Waals surface area contributed by atoms with Crippen LogP contribution in [0.2, 0.25) is 0 Å². The minimum Gasteiger partial charge on any atom is -0.369 e. The van der Waals surface area contributed by atoms with E-state index < -0.39 is 9.84 Å². The third-order valence-electron chi connectivity index (χ3n) is 3.24. The largest absolute Gasteiger partial charge is 0.369 e. The molecule has 112 valence electrons. The number of fused-ring (bicyclic) bond motifs is 1. The Hall–Kier alpha value is -1.57. The molecule has 0 aliphatic carbocycles. The van der Waals surface area contributed by atoms with Crippen molar-refractivity contribution < 1.29 is 8.42 Å². The fourth-order valence-electron chi connectivity index (χ4n) is 2.57. The Morgan fingerprint density at radius 1 is 1.40 bits per heavy atom. The van der Waals surface area contributed by atoms with Crippen molar-refractivity contribution >= 4 is 26.9 Å². The molecule has 0 radical (unpaired) electrons. The Morgan fingerprint density at radius 3 is 2.60 bits per heavy atom. The van der Waals surface area contributed by atoms with E-state index in [1.807, 2.05) is 14.0 Å². The van der Waals surface area contributed by atoms with Gasteiger partial charge in [-0.15, -0.1) is 0 Å². The molecule has 1 atom stereocenters. The van der Waals surface area contributed by atoms with Crippen LogP contribution in [0.25, 0.3) is 11.2 Å². The number of hydrogen-bond donors (Lipinski definition) is 1. The predicted molar refractivity (Wildman–Crippen MR) is 79.3 cm³/mol. The second kappa shape index (κ2) is 5.08. The fraction of sp³-hybridized carbons (Fsp3) is 0.667. The highest BCUT2D eigenvalue weighted by molar-refractivity contribution is 7.90. The van der Waals surface area contributed by atoms with Crippen molar-refractivity contribution in [2.45, 2.75) is 32.7 Å². The number of anilines is 1. The van der Waals surface area contributed by atoms with Gasteiger partial charge in [-0.2, -0.15) is 5.10 Å². The van der Waals surface area contributed by atoms with Crippen LogP contribution in [0.4, 0.5) is 5.95 Å². The molecule has 1 unspecified atom stereocenters. The number of hydrogen-bond acceptors (Lipinski definition) is 5. The number of aryl methyl sites for hydroxylation is 2. The molecule has 0 aromatic carbocycles. The molecule has 0 spiro atoms. The minimum atomic E-state index is -3.08. The van der Waals surface area contributed by atoms with Crippen LogP contribution in [0.5, 0.6) is 0 Å². The average molecular weight is 299 g/mol. The van der Waals surface area contributed by atoms with E-state index in [1.54, 1.807) is 9.25 Å². The van der Waals surface area contributed by atoms with Crippen molar-refractivity contribution in [3.8, 4) is 0 Å². The summed E-state index contributed by atoms with van der Waals surface area (Å²) in [4.78, 5) is 4.37. The van der Waals surface area contributed by atoms with Gasteiger partial charge < -0.3 is 5.73 Å². The summed E-state index contributed by atoms with van der Waals surface area (Å²) in [6.45, 7) is 3.90. The molecule has 8 heteroatoms. The molecule has 2 aromatic heterocycles. The van der Waals surface area contributed by atoms with Crippen LogP contribution < -0.4 is 5.73 Å². The van der Waals surface area contributed by atoms with Gasteiger partial charge in [-0.1, -0.05) is 13.3 Å². The Labute approximate surface area is 118 Å². The molecule has 2 aromatic rings. The molecular weight excluding hydrogens is 278 g/mol. The topological polar surface area (TPSA) is 95.8 Å². The maximum atomic E-state index is 11.5. The molecule has 0 aliphatic rings. The van der Waals surface area contributed by atoms with Gasteiger partial charge in [-0.25, -0.2) is 13.4 Å². The summed E-state index contributed by atoms with van der Waals surface area (Å²) in [5, 5.41) is 4.45. The van der Waals surface area contributed by atoms with Gasteiger partial charge in [0.05, 0.1) is 11.4 Å². The summed E-state index contributed by atoms with van der Waals surface area (Å²) in [6.07, 6.45) is 3.02. The van der Waals surface area contributed by atoms with Gasteiger partial charge in [0.15, 0.2) is 5.65 Å². The van der Waals surface area contributed by atoms with Crippen molar-refractivity contribution in [1.82, 2.24) is 19.3 Å². The van der Waals surface area contributed by atoms with Gasteiger partial charge in [0.2, 0.25) is 5.95 Å². The standard InChI is InChI=1S/C12H21N5O2S/c1-5-6-9-10-11(16(3)15-9)17(12(13)14-10)8(2)7-20(4,18)19/h8H,5-7H2,1-4H3,(H2,13,14). The lowest BCUT2D eigenvalue weighted by molar-refractivity contribution is 0.564. The van der Waals surface area contributed by atoms with E-state index in [-0.39, 0.29) is 11.8 Å². The van der Waals surface area contributed by atoms with Gasteiger partial charge in [0.25, 0.3) is 0 Å². The zero-order chi connectivity index (χ0) is 15.1. The summed E-state index contributed by atoms with van der Waals surface area (Å²) in [7, 11) is -1.26. The van der Waals surface area contributed by atoms with E-state index in [0.29, 0.717) is 5.95 Å². The monoisotopic (exact) mass is 299 g/mol. The van der Waals surface area contributed by atoms with E-state index in [1.165, 1.54) is 6.26 Å². The van der Waals surface area contributed by atoms with Gasteiger partial charge in [0.1, 0.15) is 15.4 Å². The number of aromatic nitrogens is 4. The summed E-state index contributed by atoms with van der Waals surface area (Å²) in [5.41, 5.74) is 8.42. The maximum Gasteiger partial charge on any atom is 0.202 e. The number of sulfone groups is 1. The molecule has 0 saturated carbocycles. The van der Waals surface area contributed by atoms with Crippen LogP contribution in [-0.2, 0) is 23.3 Å². The lowest BCUT2D eigenvalue weighted by atomic mass is 10.2. The lowest BCUT2D eigenvalue weighted by Crippen LogP contribution is -2.19. The minimum absolute atomic E-state index is 0.0248. The van der Waals surface area contributed by atoms with Crippen molar-refractivity contribution in [3.63, 3.8) is 0 Å². The highest BCUT2D eigenvalue weighted by Gasteiger charge is 2.22. The first-order valence-corrected chi connectivity index (χ1v) is 8.67. The number of nitrogens with two attached hydrogens (primary N) is 1. The molecule has 2 heterocycles. The quantitative estimate of drug-likeness (QED) is 0.885. The first-order chi connectivity index (χ1) is 9.24. The maximum absolute atomic E-state index is 11.5. The van der Waals surface area contributed by atoms with Crippen LogP contribution in [0.3, 0.4) is 0 Å². The van der Waals surface area contributed by atoms with E-state index in [4.69, 9.17) is 5.73 Å². The zero-order valence-electron chi connectivity index (χ0n) is 12.3. The molecule has 2 rings (SSSR count). The van der Waals surface area contributed by atoms with E-state index in [2.05, 4.69) is 17.0 Å². The van der Waals surface area contributed by atoms with Gasteiger partial charge in [0, 0.05) is 19.3 Å². The smallest absolute Gasteiger partial charge is 0.202 e. The summed E-state index contributed by atoms with van der Waals surface area (Å²) in [6, 6.07) is -0.278.